The van der Waals surface area contributed by atoms with E-state index in [1.165, 1.54) is 17.0 Å². The van der Waals surface area contributed by atoms with E-state index in [0.717, 1.165) is 0 Å². The third kappa shape index (κ3) is 3.37. The normalized spacial score (nSPS) is 11.0. The van der Waals surface area contributed by atoms with Gasteiger partial charge >= 0.3 is 5.69 Å². The van der Waals surface area contributed by atoms with Crippen molar-refractivity contribution in [2.75, 3.05) is 13.2 Å². The van der Waals surface area contributed by atoms with E-state index in [4.69, 9.17) is 0 Å². The number of aromatic amines is 1. The summed E-state index contributed by atoms with van der Waals surface area (Å²) in [6.07, 6.45) is 0.562. The average Bonchev–Trinajstić information content (AvgIpc) is 2.45. The number of halogens is 2. The van der Waals surface area contributed by atoms with Crippen LogP contribution in [0.5, 0.6) is 0 Å². The lowest BCUT2D eigenvalue weighted by Gasteiger charge is -2.02. The van der Waals surface area contributed by atoms with Crippen molar-refractivity contribution >= 4 is 0 Å². The van der Waals surface area contributed by atoms with Crippen molar-refractivity contribution in [2.45, 2.75) is 13.0 Å². The van der Waals surface area contributed by atoms with E-state index in [2.05, 4.69) is 9.72 Å². The van der Waals surface area contributed by atoms with Crippen molar-refractivity contribution in [3.63, 3.8) is 0 Å². The van der Waals surface area contributed by atoms with Gasteiger partial charge < -0.3 is 9.72 Å². The van der Waals surface area contributed by atoms with Gasteiger partial charge in [-0.2, -0.15) is 0 Å². The number of hydrogen-bond acceptors (Lipinski definition) is 2. The molecule has 0 saturated carbocycles. The predicted molar refractivity (Wildman–Crippen MR) is 41.9 cm³/mol. The Bertz CT molecular complexity index is 295. The minimum Gasteiger partial charge on any atom is -0.374 e. The largest absolute Gasteiger partial charge is 0.374 e. The molecule has 0 aromatic carbocycles. The molecule has 0 aliphatic heterocycles. The zero-order valence-electron chi connectivity index (χ0n) is 6.87. The molecule has 1 heterocycles. The van der Waals surface area contributed by atoms with Gasteiger partial charge in [-0.1, -0.05) is 0 Å². The molecule has 1 N–H and O–H groups in total. The van der Waals surface area contributed by atoms with Gasteiger partial charge in [-0.25, -0.2) is 13.6 Å². The smallest absolute Gasteiger partial charge is 0.325 e. The molecule has 0 aliphatic carbocycles. The molecule has 0 saturated heterocycles. The van der Waals surface area contributed by atoms with Crippen molar-refractivity contribution in [1.82, 2.24) is 9.55 Å². The van der Waals surface area contributed by atoms with Gasteiger partial charge in [0.25, 0.3) is 6.43 Å². The fourth-order valence-corrected chi connectivity index (χ4v) is 0.861. The quantitative estimate of drug-likeness (QED) is 0.689. The predicted octanol–water partition coefficient (Wildman–Crippen LogP) is 0.458. The molecule has 4 nitrogen and oxygen atoms in total. The van der Waals surface area contributed by atoms with E-state index < -0.39 is 13.0 Å². The molecular formula is C7H10F2N2O2. The number of ether oxygens (including phenoxy) is 1. The third-order valence-corrected chi connectivity index (χ3v) is 1.44. The maximum atomic E-state index is 11.6. The van der Waals surface area contributed by atoms with Gasteiger partial charge in [-0.3, -0.25) is 4.57 Å². The SMILES string of the molecule is O=c1[nH]ccn1CCOCC(F)F. The molecule has 74 valence electrons. The molecule has 1 aromatic heterocycles. The van der Waals surface area contributed by atoms with Crippen LogP contribution >= 0.6 is 0 Å². The first-order valence-electron chi connectivity index (χ1n) is 3.80. The lowest BCUT2D eigenvalue weighted by atomic mass is 10.6. The molecule has 1 aromatic rings. The van der Waals surface area contributed by atoms with Crippen LogP contribution in [0.15, 0.2) is 17.2 Å². The summed E-state index contributed by atoms with van der Waals surface area (Å²) in [6.45, 7) is -0.184. The number of nitrogens with zero attached hydrogens (tertiary/aromatic N) is 1. The second-order valence-corrected chi connectivity index (χ2v) is 2.42. The number of imidazole rings is 1. The van der Waals surface area contributed by atoms with Crippen molar-refractivity contribution in [2.24, 2.45) is 0 Å². The van der Waals surface area contributed by atoms with Gasteiger partial charge in [0.15, 0.2) is 0 Å². The highest BCUT2D eigenvalue weighted by atomic mass is 19.3. The van der Waals surface area contributed by atoms with Crippen LogP contribution in [-0.4, -0.2) is 29.2 Å². The first-order valence-corrected chi connectivity index (χ1v) is 3.80. The maximum absolute atomic E-state index is 11.6. The molecule has 1 rings (SSSR count). The van der Waals surface area contributed by atoms with E-state index in [-0.39, 0.29) is 18.8 Å². The highest BCUT2D eigenvalue weighted by Gasteiger charge is 2.01. The Morgan fingerprint density at radius 2 is 2.38 bits per heavy atom. The Labute approximate surface area is 73.1 Å². The summed E-state index contributed by atoms with van der Waals surface area (Å²) in [5, 5.41) is 0. The van der Waals surface area contributed by atoms with E-state index in [1.54, 1.807) is 0 Å². The van der Waals surface area contributed by atoms with E-state index >= 15 is 0 Å². The summed E-state index contributed by atoms with van der Waals surface area (Å²) in [5.74, 6) is 0. The van der Waals surface area contributed by atoms with Crippen molar-refractivity contribution in [1.29, 1.82) is 0 Å². The molecular weight excluding hydrogens is 182 g/mol. The van der Waals surface area contributed by atoms with Crippen LogP contribution in [0.25, 0.3) is 0 Å². The van der Waals surface area contributed by atoms with Crippen LogP contribution in [0.2, 0.25) is 0 Å². The number of aromatic nitrogens is 2. The molecule has 6 heteroatoms. The number of alkyl halides is 2. The lowest BCUT2D eigenvalue weighted by molar-refractivity contribution is 0.0146. The number of hydrogen-bond donors (Lipinski definition) is 1. The zero-order valence-corrected chi connectivity index (χ0v) is 6.87. The molecule has 0 spiro atoms. The minimum absolute atomic E-state index is 0.113. The summed E-state index contributed by atoms with van der Waals surface area (Å²) in [5.41, 5.74) is -0.263. The Balaban J connectivity index is 2.21. The highest BCUT2D eigenvalue weighted by Crippen LogP contribution is 1.92. The summed E-state index contributed by atoms with van der Waals surface area (Å²) >= 11 is 0. The summed E-state index contributed by atoms with van der Waals surface area (Å²) in [7, 11) is 0. The fraction of sp³-hybridized carbons (Fsp3) is 0.571. The van der Waals surface area contributed by atoms with Gasteiger partial charge in [-0.05, 0) is 0 Å². The molecule has 0 aliphatic rings. The Morgan fingerprint density at radius 1 is 1.62 bits per heavy atom. The van der Waals surface area contributed by atoms with Crippen LogP contribution in [0.3, 0.4) is 0 Å². The summed E-state index contributed by atoms with van der Waals surface area (Å²) < 4.78 is 29.1. The topological polar surface area (TPSA) is 47.0 Å². The lowest BCUT2D eigenvalue weighted by Crippen LogP contribution is -2.19. The second-order valence-electron chi connectivity index (χ2n) is 2.42. The van der Waals surface area contributed by atoms with Gasteiger partial charge in [0, 0.05) is 12.4 Å². The third-order valence-electron chi connectivity index (χ3n) is 1.44. The summed E-state index contributed by atoms with van der Waals surface area (Å²) in [6, 6.07) is 0. The molecule has 0 amide bonds. The van der Waals surface area contributed by atoms with E-state index in [1.807, 2.05) is 0 Å². The second kappa shape index (κ2) is 4.76. The van der Waals surface area contributed by atoms with Crippen LogP contribution in [0.1, 0.15) is 0 Å². The van der Waals surface area contributed by atoms with Gasteiger partial charge in [-0.15, -0.1) is 0 Å². The van der Waals surface area contributed by atoms with E-state index in [9.17, 15) is 13.6 Å². The Hall–Kier alpha value is -1.17. The molecule has 0 radical (unpaired) electrons. The van der Waals surface area contributed by atoms with Crippen molar-refractivity contribution in [3.8, 4) is 0 Å². The van der Waals surface area contributed by atoms with E-state index in [0.29, 0.717) is 0 Å². The molecule has 0 unspecified atom stereocenters. The van der Waals surface area contributed by atoms with Crippen LogP contribution in [0, 0.1) is 0 Å². The molecule has 0 bridgehead atoms. The Morgan fingerprint density at radius 3 is 2.92 bits per heavy atom. The first kappa shape index (κ1) is 9.91. The highest BCUT2D eigenvalue weighted by molar-refractivity contribution is 4.75. The standard InChI is InChI=1S/C7H10F2N2O2/c8-6(9)5-13-4-3-11-2-1-10-7(11)12/h1-2,6H,3-5H2,(H,10,12). The average molecular weight is 192 g/mol. The monoisotopic (exact) mass is 192 g/mol. The number of H-pyrrole nitrogens is 1. The van der Waals surface area contributed by atoms with Crippen molar-refractivity contribution in [3.05, 3.63) is 22.9 Å². The number of rotatable bonds is 5. The summed E-state index contributed by atoms with van der Waals surface area (Å²) in [4.78, 5) is 13.3. The van der Waals surface area contributed by atoms with Crippen molar-refractivity contribution < 1.29 is 13.5 Å². The first-order chi connectivity index (χ1) is 6.20. The van der Waals surface area contributed by atoms with Gasteiger partial charge in [0.05, 0.1) is 13.2 Å². The molecule has 0 atom stereocenters. The number of nitrogens with one attached hydrogen (secondary N) is 1. The van der Waals surface area contributed by atoms with Crippen LogP contribution < -0.4 is 5.69 Å². The zero-order chi connectivity index (χ0) is 9.68. The fourth-order valence-electron chi connectivity index (χ4n) is 0.861. The molecule has 0 fully saturated rings. The van der Waals surface area contributed by atoms with Crippen LogP contribution in [0.4, 0.5) is 8.78 Å². The van der Waals surface area contributed by atoms with Gasteiger partial charge in [0.1, 0.15) is 6.61 Å². The molecule has 13 heavy (non-hydrogen) atoms. The maximum Gasteiger partial charge on any atom is 0.325 e. The minimum atomic E-state index is -2.46. The van der Waals surface area contributed by atoms with Gasteiger partial charge in [0.2, 0.25) is 0 Å². The Kier molecular flexibility index (Phi) is 3.63. The van der Waals surface area contributed by atoms with Crippen LogP contribution in [-0.2, 0) is 11.3 Å².